The number of aliphatic hydroxyl groups excluding tert-OH is 1. The van der Waals surface area contributed by atoms with E-state index in [-0.39, 0.29) is 18.2 Å². The Kier molecular flexibility index (Phi) is 2.83. The highest BCUT2D eigenvalue weighted by Gasteiger charge is 2.12. The summed E-state index contributed by atoms with van der Waals surface area (Å²) in [5.74, 6) is 0.0225. The van der Waals surface area contributed by atoms with Crippen LogP contribution in [0.3, 0.4) is 0 Å². The van der Waals surface area contributed by atoms with Crippen LogP contribution in [-0.4, -0.2) is 16.6 Å². The Bertz CT molecular complexity index is 477. The fourth-order valence-corrected chi connectivity index (χ4v) is 1.67. The first kappa shape index (κ1) is 10.6. The first-order valence-corrected chi connectivity index (χ1v) is 4.96. The Hall–Kier alpha value is -1.94. The van der Waals surface area contributed by atoms with Gasteiger partial charge in [0.2, 0.25) is 0 Å². The molecular weight excluding hydrogens is 206 g/mol. The van der Waals surface area contributed by atoms with E-state index < -0.39 is 4.92 Å². The molecule has 0 aromatic heterocycles. The van der Waals surface area contributed by atoms with Crippen molar-refractivity contribution in [2.45, 2.75) is 0 Å². The van der Waals surface area contributed by atoms with E-state index in [2.05, 4.69) is 0 Å². The first-order valence-electron chi connectivity index (χ1n) is 4.96. The average Bonchev–Trinajstić information content (AvgIpc) is 2.77. The number of non-ortho nitro benzene ring substituents is 1. The molecule has 0 radical (unpaired) electrons. The van der Waals surface area contributed by atoms with Gasteiger partial charge in [-0.05, 0) is 11.1 Å². The van der Waals surface area contributed by atoms with Gasteiger partial charge in [-0.2, -0.15) is 0 Å². The molecule has 1 unspecified atom stereocenters. The minimum absolute atomic E-state index is 0.0225. The van der Waals surface area contributed by atoms with Gasteiger partial charge in [0, 0.05) is 18.1 Å². The molecule has 16 heavy (non-hydrogen) atoms. The van der Waals surface area contributed by atoms with Gasteiger partial charge in [0.05, 0.1) is 11.5 Å². The maximum Gasteiger partial charge on any atom is 0.270 e. The molecule has 2 rings (SSSR count). The van der Waals surface area contributed by atoms with E-state index in [1.54, 1.807) is 6.07 Å². The third kappa shape index (κ3) is 2.01. The number of aliphatic hydroxyl groups is 1. The number of allylic oxidation sites excluding steroid dienone is 2. The lowest BCUT2D eigenvalue weighted by molar-refractivity contribution is -0.384. The van der Waals surface area contributed by atoms with E-state index in [4.69, 9.17) is 5.11 Å². The third-order valence-corrected chi connectivity index (χ3v) is 2.52. The van der Waals surface area contributed by atoms with Gasteiger partial charge in [0.15, 0.2) is 0 Å². The van der Waals surface area contributed by atoms with E-state index in [1.807, 2.05) is 24.3 Å². The van der Waals surface area contributed by atoms with Crippen LogP contribution in [0, 0.1) is 16.0 Å². The predicted molar refractivity (Wildman–Crippen MR) is 60.8 cm³/mol. The molecule has 1 aliphatic rings. The van der Waals surface area contributed by atoms with Gasteiger partial charge >= 0.3 is 0 Å². The van der Waals surface area contributed by atoms with E-state index in [9.17, 15) is 10.1 Å². The summed E-state index contributed by atoms with van der Waals surface area (Å²) in [6.45, 7) is 0.0644. The number of hydrogen-bond acceptors (Lipinski definition) is 3. The summed E-state index contributed by atoms with van der Waals surface area (Å²) in [5, 5.41) is 19.6. The number of rotatable bonds is 3. The van der Waals surface area contributed by atoms with Crippen molar-refractivity contribution >= 4 is 11.3 Å². The zero-order valence-corrected chi connectivity index (χ0v) is 8.54. The summed E-state index contributed by atoms with van der Waals surface area (Å²) in [4.78, 5) is 10.2. The molecular formula is C12H11NO3. The molecule has 0 bridgehead atoms. The Labute approximate surface area is 92.7 Å². The van der Waals surface area contributed by atoms with Gasteiger partial charge in [-0.15, -0.1) is 0 Å². The molecule has 0 saturated carbocycles. The molecule has 0 saturated heterocycles. The molecule has 1 aromatic carbocycles. The summed E-state index contributed by atoms with van der Waals surface area (Å²) in [6, 6.07) is 6.49. The Morgan fingerprint density at radius 3 is 2.88 bits per heavy atom. The van der Waals surface area contributed by atoms with Crippen molar-refractivity contribution in [2.24, 2.45) is 5.92 Å². The standard InChI is InChI=1S/C12H11NO3/c14-8-9-4-5-11(6-9)10-2-1-3-12(7-10)13(15)16/h1-7,9,14H,8H2. The van der Waals surface area contributed by atoms with Crippen LogP contribution >= 0.6 is 0 Å². The van der Waals surface area contributed by atoms with Crippen LogP contribution in [0.5, 0.6) is 0 Å². The van der Waals surface area contributed by atoms with Crippen LogP contribution in [0.2, 0.25) is 0 Å². The SMILES string of the molecule is O=[N+]([O-])c1cccc(C2=CC(CO)C=C2)c1. The second kappa shape index (κ2) is 4.28. The van der Waals surface area contributed by atoms with Crippen molar-refractivity contribution < 1.29 is 10.0 Å². The zero-order valence-electron chi connectivity index (χ0n) is 8.54. The molecule has 1 aliphatic carbocycles. The highest BCUT2D eigenvalue weighted by Crippen LogP contribution is 2.27. The fourth-order valence-electron chi connectivity index (χ4n) is 1.67. The molecule has 0 fully saturated rings. The smallest absolute Gasteiger partial charge is 0.270 e. The minimum Gasteiger partial charge on any atom is -0.395 e. The molecule has 4 heteroatoms. The molecule has 0 aliphatic heterocycles. The summed E-state index contributed by atoms with van der Waals surface area (Å²) in [6.07, 6.45) is 5.66. The van der Waals surface area contributed by atoms with Gasteiger partial charge in [-0.25, -0.2) is 0 Å². The average molecular weight is 217 g/mol. The van der Waals surface area contributed by atoms with Crippen molar-refractivity contribution in [3.8, 4) is 0 Å². The predicted octanol–water partition coefficient (Wildman–Crippen LogP) is 2.16. The van der Waals surface area contributed by atoms with Crippen LogP contribution < -0.4 is 0 Å². The van der Waals surface area contributed by atoms with E-state index in [1.165, 1.54) is 12.1 Å². The van der Waals surface area contributed by atoms with Crippen molar-refractivity contribution in [1.29, 1.82) is 0 Å². The Morgan fingerprint density at radius 1 is 1.44 bits per heavy atom. The van der Waals surface area contributed by atoms with Gasteiger partial charge in [0.25, 0.3) is 5.69 Å². The third-order valence-electron chi connectivity index (χ3n) is 2.52. The molecule has 4 nitrogen and oxygen atoms in total. The Morgan fingerprint density at radius 2 is 2.25 bits per heavy atom. The second-order valence-corrected chi connectivity index (χ2v) is 3.63. The molecule has 1 N–H and O–H groups in total. The largest absolute Gasteiger partial charge is 0.395 e. The molecule has 0 amide bonds. The van der Waals surface area contributed by atoms with Crippen molar-refractivity contribution in [3.63, 3.8) is 0 Å². The van der Waals surface area contributed by atoms with Crippen LogP contribution in [0.15, 0.2) is 42.5 Å². The highest BCUT2D eigenvalue weighted by molar-refractivity contribution is 5.77. The highest BCUT2D eigenvalue weighted by atomic mass is 16.6. The zero-order chi connectivity index (χ0) is 11.5. The first-order chi connectivity index (χ1) is 7.70. The van der Waals surface area contributed by atoms with Crippen LogP contribution in [-0.2, 0) is 0 Å². The quantitative estimate of drug-likeness (QED) is 0.623. The summed E-state index contributed by atoms with van der Waals surface area (Å²) < 4.78 is 0. The van der Waals surface area contributed by atoms with E-state index in [0.29, 0.717) is 0 Å². The topological polar surface area (TPSA) is 63.4 Å². The molecule has 1 atom stereocenters. The van der Waals surface area contributed by atoms with Crippen LogP contribution in [0.4, 0.5) is 5.69 Å². The Balaban J connectivity index is 2.32. The lowest BCUT2D eigenvalue weighted by atomic mass is 10.1. The molecule has 0 heterocycles. The van der Waals surface area contributed by atoms with Gasteiger partial charge < -0.3 is 5.11 Å². The van der Waals surface area contributed by atoms with E-state index in [0.717, 1.165) is 11.1 Å². The van der Waals surface area contributed by atoms with Gasteiger partial charge in [0.1, 0.15) is 0 Å². The number of nitro groups is 1. The maximum atomic E-state index is 10.6. The van der Waals surface area contributed by atoms with Gasteiger partial charge in [-0.1, -0.05) is 30.4 Å². The second-order valence-electron chi connectivity index (χ2n) is 3.63. The fraction of sp³-hybridized carbons (Fsp3) is 0.167. The summed E-state index contributed by atoms with van der Waals surface area (Å²) >= 11 is 0. The number of nitro benzene ring substituents is 1. The van der Waals surface area contributed by atoms with Crippen molar-refractivity contribution in [1.82, 2.24) is 0 Å². The normalized spacial score (nSPS) is 18.6. The monoisotopic (exact) mass is 217 g/mol. The van der Waals surface area contributed by atoms with Crippen LogP contribution in [0.1, 0.15) is 5.56 Å². The summed E-state index contributed by atoms with van der Waals surface area (Å²) in [7, 11) is 0. The number of nitrogens with zero attached hydrogens (tertiary/aromatic N) is 1. The van der Waals surface area contributed by atoms with Crippen molar-refractivity contribution in [3.05, 3.63) is 58.2 Å². The molecule has 1 aromatic rings. The number of hydrogen-bond donors (Lipinski definition) is 1. The molecule has 82 valence electrons. The van der Waals surface area contributed by atoms with Crippen LogP contribution in [0.25, 0.3) is 5.57 Å². The maximum absolute atomic E-state index is 10.6. The van der Waals surface area contributed by atoms with Crippen molar-refractivity contribution in [2.75, 3.05) is 6.61 Å². The molecule has 0 spiro atoms. The summed E-state index contributed by atoms with van der Waals surface area (Å²) in [5.41, 5.74) is 1.81. The van der Waals surface area contributed by atoms with Gasteiger partial charge in [-0.3, -0.25) is 10.1 Å². The lowest BCUT2D eigenvalue weighted by Gasteiger charge is -2.00. The number of benzene rings is 1. The minimum atomic E-state index is -0.410. The lowest BCUT2D eigenvalue weighted by Crippen LogP contribution is -1.94. The van der Waals surface area contributed by atoms with E-state index >= 15 is 0 Å².